The lowest BCUT2D eigenvalue weighted by Crippen LogP contribution is -2.33. The monoisotopic (exact) mass is 238 g/mol. The molecule has 0 amide bonds. The minimum absolute atomic E-state index is 0.0298. The molecule has 92 valence electrons. The zero-order chi connectivity index (χ0) is 12.6. The number of nitrogens with one attached hydrogen (secondary N) is 1. The summed E-state index contributed by atoms with van der Waals surface area (Å²) < 4.78 is 0. The van der Waals surface area contributed by atoms with Crippen LogP contribution in [0.1, 0.15) is 13.3 Å². The number of carboxylic acid groups (broad SMARTS) is 1. The van der Waals surface area contributed by atoms with Gasteiger partial charge in [-0.25, -0.2) is 4.98 Å². The van der Waals surface area contributed by atoms with Gasteiger partial charge in [0.1, 0.15) is 5.69 Å². The van der Waals surface area contributed by atoms with Crippen LogP contribution in [-0.2, 0) is 4.79 Å². The van der Waals surface area contributed by atoms with Gasteiger partial charge in [-0.05, 0) is 13.3 Å². The first-order valence-electron chi connectivity index (χ1n) is 5.25. The van der Waals surface area contributed by atoms with Gasteiger partial charge in [0.15, 0.2) is 5.82 Å². The third-order valence-corrected chi connectivity index (χ3v) is 3.16. The summed E-state index contributed by atoms with van der Waals surface area (Å²) in [5, 5.41) is 9.11. The van der Waals surface area contributed by atoms with Crippen molar-refractivity contribution in [1.29, 1.82) is 0 Å². The van der Waals surface area contributed by atoms with Crippen LogP contribution in [0.25, 0.3) is 0 Å². The molecule has 0 radical (unpaired) electrons. The van der Waals surface area contributed by atoms with Crippen LogP contribution >= 0.6 is 0 Å². The van der Waals surface area contributed by atoms with Crippen molar-refractivity contribution in [3.05, 3.63) is 16.7 Å². The van der Waals surface area contributed by atoms with E-state index in [4.69, 9.17) is 10.8 Å². The SMILES string of the molecule is CC1(C(=O)O)CCN(c2nc[nH]c(=O)c2N)C1. The van der Waals surface area contributed by atoms with Crippen LogP contribution in [0, 0.1) is 5.41 Å². The van der Waals surface area contributed by atoms with E-state index in [0.29, 0.717) is 25.3 Å². The number of aromatic nitrogens is 2. The van der Waals surface area contributed by atoms with Gasteiger partial charge in [0.25, 0.3) is 5.56 Å². The van der Waals surface area contributed by atoms with E-state index in [1.54, 1.807) is 11.8 Å². The number of aliphatic carboxylic acids is 1. The molecule has 1 atom stereocenters. The highest BCUT2D eigenvalue weighted by molar-refractivity contribution is 5.76. The second kappa shape index (κ2) is 3.76. The van der Waals surface area contributed by atoms with Crippen molar-refractivity contribution >= 4 is 17.5 Å². The molecular formula is C10H14N4O3. The molecule has 0 spiro atoms. The van der Waals surface area contributed by atoms with Gasteiger partial charge in [-0.15, -0.1) is 0 Å². The standard InChI is InChI=1S/C10H14N4O3/c1-10(9(16)17)2-3-14(4-10)7-6(11)8(15)13-5-12-7/h5H,2-4,11H2,1H3,(H,16,17)(H,12,13,15). The summed E-state index contributed by atoms with van der Waals surface area (Å²) in [5.74, 6) is -0.484. The molecule has 1 fully saturated rings. The Kier molecular flexibility index (Phi) is 2.53. The second-order valence-electron chi connectivity index (χ2n) is 4.51. The molecule has 4 N–H and O–H groups in total. The molecule has 7 nitrogen and oxygen atoms in total. The number of nitrogens with zero attached hydrogens (tertiary/aromatic N) is 2. The fourth-order valence-electron chi connectivity index (χ4n) is 1.97. The molecule has 0 aliphatic carbocycles. The number of aromatic amines is 1. The summed E-state index contributed by atoms with van der Waals surface area (Å²) in [4.78, 5) is 30.5. The zero-order valence-corrected chi connectivity index (χ0v) is 9.43. The second-order valence-corrected chi connectivity index (χ2v) is 4.51. The molecule has 7 heteroatoms. The van der Waals surface area contributed by atoms with Crippen molar-refractivity contribution in [2.45, 2.75) is 13.3 Å². The van der Waals surface area contributed by atoms with Gasteiger partial charge in [-0.2, -0.15) is 0 Å². The minimum Gasteiger partial charge on any atom is -0.481 e. The van der Waals surface area contributed by atoms with Gasteiger partial charge < -0.3 is 20.7 Å². The van der Waals surface area contributed by atoms with Crippen LogP contribution in [0.2, 0.25) is 0 Å². The summed E-state index contributed by atoms with van der Waals surface area (Å²) in [6, 6.07) is 0. The smallest absolute Gasteiger partial charge is 0.311 e. The number of carboxylic acids is 1. The number of hydrogen-bond donors (Lipinski definition) is 3. The molecule has 1 aromatic heterocycles. The van der Waals surface area contributed by atoms with Gasteiger partial charge in [0.2, 0.25) is 0 Å². The summed E-state index contributed by atoms with van der Waals surface area (Å²) >= 11 is 0. The average Bonchev–Trinajstić information content (AvgIpc) is 2.66. The Morgan fingerprint density at radius 1 is 1.71 bits per heavy atom. The van der Waals surface area contributed by atoms with Crippen LogP contribution in [0.3, 0.4) is 0 Å². The van der Waals surface area contributed by atoms with Crippen LogP contribution < -0.4 is 16.2 Å². The number of anilines is 2. The largest absolute Gasteiger partial charge is 0.481 e. The van der Waals surface area contributed by atoms with Crippen molar-refractivity contribution in [3.8, 4) is 0 Å². The van der Waals surface area contributed by atoms with E-state index in [0.717, 1.165) is 0 Å². The molecule has 0 aromatic carbocycles. The lowest BCUT2D eigenvalue weighted by Gasteiger charge is -2.21. The van der Waals surface area contributed by atoms with E-state index in [9.17, 15) is 9.59 Å². The summed E-state index contributed by atoms with van der Waals surface area (Å²) in [6.45, 7) is 2.52. The third-order valence-electron chi connectivity index (χ3n) is 3.16. The lowest BCUT2D eigenvalue weighted by atomic mass is 9.90. The van der Waals surface area contributed by atoms with E-state index in [-0.39, 0.29) is 5.69 Å². The van der Waals surface area contributed by atoms with Gasteiger partial charge in [0.05, 0.1) is 11.7 Å². The van der Waals surface area contributed by atoms with Crippen molar-refractivity contribution in [2.75, 3.05) is 23.7 Å². The highest BCUT2D eigenvalue weighted by Crippen LogP contribution is 2.33. The number of nitrogen functional groups attached to an aromatic ring is 1. The number of hydrogen-bond acceptors (Lipinski definition) is 5. The average molecular weight is 238 g/mol. The summed E-state index contributed by atoms with van der Waals surface area (Å²) in [7, 11) is 0. The molecule has 1 aliphatic rings. The molecule has 0 bridgehead atoms. The minimum atomic E-state index is -0.844. The lowest BCUT2D eigenvalue weighted by molar-refractivity contribution is -0.146. The number of rotatable bonds is 2. The number of carbonyl (C=O) groups is 1. The van der Waals surface area contributed by atoms with Crippen molar-refractivity contribution in [2.24, 2.45) is 5.41 Å². The molecule has 2 rings (SSSR count). The molecular weight excluding hydrogens is 224 g/mol. The topological polar surface area (TPSA) is 112 Å². The maximum atomic E-state index is 11.3. The highest BCUT2D eigenvalue weighted by atomic mass is 16.4. The third kappa shape index (κ3) is 1.83. The van der Waals surface area contributed by atoms with Crippen LogP contribution in [0.5, 0.6) is 0 Å². The number of nitrogens with two attached hydrogens (primary N) is 1. The van der Waals surface area contributed by atoms with Gasteiger partial charge in [-0.3, -0.25) is 9.59 Å². The Morgan fingerprint density at radius 2 is 2.41 bits per heavy atom. The first-order valence-corrected chi connectivity index (χ1v) is 5.25. The van der Waals surface area contributed by atoms with Gasteiger partial charge in [-0.1, -0.05) is 0 Å². The molecule has 0 saturated carbocycles. The maximum Gasteiger partial charge on any atom is 0.311 e. The highest BCUT2D eigenvalue weighted by Gasteiger charge is 2.41. The maximum absolute atomic E-state index is 11.3. The fourth-order valence-corrected chi connectivity index (χ4v) is 1.97. The first-order chi connectivity index (χ1) is 7.94. The van der Waals surface area contributed by atoms with Crippen LogP contribution in [0.15, 0.2) is 11.1 Å². The molecule has 1 unspecified atom stereocenters. The van der Waals surface area contributed by atoms with E-state index in [1.165, 1.54) is 6.33 Å². The Hall–Kier alpha value is -2.05. The number of H-pyrrole nitrogens is 1. The van der Waals surface area contributed by atoms with E-state index >= 15 is 0 Å². The molecule has 17 heavy (non-hydrogen) atoms. The Balaban J connectivity index is 2.30. The first kappa shape index (κ1) is 11.4. The van der Waals surface area contributed by atoms with Crippen LogP contribution in [0.4, 0.5) is 11.5 Å². The van der Waals surface area contributed by atoms with Crippen molar-refractivity contribution in [3.63, 3.8) is 0 Å². The van der Waals surface area contributed by atoms with Crippen molar-refractivity contribution in [1.82, 2.24) is 9.97 Å². The quantitative estimate of drug-likeness (QED) is 0.649. The Morgan fingerprint density at radius 3 is 3.00 bits per heavy atom. The predicted molar refractivity (Wildman–Crippen MR) is 61.8 cm³/mol. The summed E-state index contributed by atoms with van der Waals surface area (Å²) in [6.07, 6.45) is 1.78. The molecule has 1 saturated heterocycles. The Labute approximate surface area is 97.3 Å². The summed E-state index contributed by atoms with van der Waals surface area (Å²) in [5.41, 5.74) is 4.45. The zero-order valence-electron chi connectivity index (χ0n) is 9.43. The molecule has 1 aliphatic heterocycles. The normalized spacial score (nSPS) is 23.9. The van der Waals surface area contributed by atoms with Crippen LogP contribution in [-0.4, -0.2) is 34.1 Å². The van der Waals surface area contributed by atoms with E-state index in [2.05, 4.69) is 9.97 Å². The Bertz CT molecular complexity index is 513. The molecule has 2 heterocycles. The van der Waals surface area contributed by atoms with Gasteiger partial charge >= 0.3 is 5.97 Å². The fraction of sp³-hybridized carbons (Fsp3) is 0.500. The molecule has 1 aromatic rings. The van der Waals surface area contributed by atoms with Gasteiger partial charge in [0, 0.05) is 13.1 Å². The van der Waals surface area contributed by atoms with E-state index < -0.39 is 16.9 Å². The predicted octanol–water partition coefficient (Wildman–Crippen LogP) is -0.347. The van der Waals surface area contributed by atoms with E-state index in [1.807, 2.05) is 0 Å². The van der Waals surface area contributed by atoms with Crippen molar-refractivity contribution < 1.29 is 9.90 Å².